The van der Waals surface area contributed by atoms with Crippen molar-refractivity contribution in [3.8, 4) is 0 Å². The van der Waals surface area contributed by atoms with E-state index in [1.54, 1.807) is 12.1 Å². The van der Waals surface area contributed by atoms with Crippen LogP contribution < -0.4 is 10.7 Å². The summed E-state index contributed by atoms with van der Waals surface area (Å²) in [7, 11) is 0. The van der Waals surface area contributed by atoms with Gasteiger partial charge in [0, 0.05) is 41.1 Å². The minimum atomic E-state index is 0.000516. The van der Waals surface area contributed by atoms with Crippen LogP contribution in [0.5, 0.6) is 0 Å². The second-order valence-corrected chi connectivity index (χ2v) is 8.96. The zero-order valence-corrected chi connectivity index (χ0v) is 20.3. The van der Waals surface area contributed by atoms with Gasteiger partial charge in [-0.1, -0.05) is 65.7 Å². The largest absolute Gasteiger partial charge is 0.371 e. The van der Waals surface area contributed by atoms with Gasteiger partial charge in [-0.3, -0.25) is 9.63 Å². The molecule has 0 atom stereocenters. The lowest BCUT2D eigenvalue weighted by Crippen LogP contribution is -2.27. The molecule has 0 saturated heterocycles. The molecule has 1 aromatic heterocycles. The van der Waals surface area contributed by atoms with E-state index in [4.69, 9.17) is 28.0 Å². The number of halogens is 2. The molecule has 34 heavy (non-hydrogen) atoms. The molecule has 4 rings (SSSR count). The third-order valence-electron chi connectivity index (χ3n) is 5.43. The van der Waals surface area contributed by atoms with Gasteiger partial charge >= 0.3 is 0 Å². The molecule has 0 aliphatic carbocycles. The Labute approximate surface area is 209 Å². The van der Waals surface area contributed by atoms with Gasteiger partial charge in [0.25, 0.3) is 0 Å². The molecule has 0 aliphatic heterocycles. The van der Waals surface area contributed by atoms with Crippen LogP contribution in [0.4, 0.5) is 5.82 Å². The van der Waals surface area contributed by atoms with E-state index < -0.39 is 0 Å². The van der Waals surface area contributed by atoms with Crippen molar-refractivity contribution in [1.82, 2.24) is 10.0 Å². The van der Waals surface area contributed by atoms with Crippen LogP contribution >= 0.6 is 23.2 Å². The third kappa shape index (κ3) is 7.08. The van der Waals surface area contributed by atoms with E-state index >= 15 is 0 Å². The molecule has 4 aromatic rings. The monoisotopic (exact) mass is 495 g/mol. The Bertz CT molecular complexity index is 1260. The van der Waals surface area contributed by atoms with Gasteiger partial charge in [-0.25, -0.2) is 0 Å². The number of pyridine rings is 1. The summed E-state index contributed by atoms with van der Waals surface area (Å²) in [6.07, 6.45) is 1.64. The fraction of sp³-hybridized carbons (Fsp3) is 0.222. The van der Waals surface area contributed by atoms with Crippen molar-refractivity contribution in [3.63, 3.8) is 0 Å². The molecule has 0 aliphatic rings. The summed E-state index contributed by atoms with van der Waals surface area (Å²) in [5.74, 6) is 0.710. The van der Waals surface area contributed by atoms with Gasteiger partial charge < -0.3 is 10.3 Å². The zero-order chi connectivity index (χ0) is 23.8. The zero-order valence-electron chi connectivity index (χ0n) is 18.8. The Morgan fingerprint density at radius 2 is 1.62 bits per heavy atom. The predicted molar refractivity (Wildman–Crippen MR) is 141 cm³/mol. The fourth-order valence-electron chi connectivity index (χ4n) is 3.80. The summed E-state index contributed by atoms with van der Waals surface area (Å²) in [4.78, 5) is 21.7. The van der Waals surface area contributed by atoms with E-state index in [0.717, 1.165) is 23.9 Å². The number of aromatic amines is 1. The Balaban J connectivity index is 1.34. The highest BCUT2D eigenvalue weighted by atomic mass is 35.5. The summed E-state index contributed by atoms with van der Waals surface area (Å²) < 4.78 is 0. The van der Waals surface area contributed by atoms with Crippen LogP contribution in [0.25, 0.3) is 10.9 Å². The predicted octanol–water partition coefficient (Wildman–Crippen LogP) is 6.31. The van der Waals surface area contributed by atoms with Crippen molar-refractivity contribution in [1.29, 1.82) is 0 Å². The first-order valence-electron chi connectivity index (χ1n) is 11.3. The van der Waals surface area contributed by atoms with Crippen molar-refractivity contribution in [3.05, 3.63) is 110 Å². The summed E-state index contributed by atoms with van der Waals surface area (Å²) >= 11 is 12.4. The lowest BCUT2D eigenvalue weighted by molar-refractivity contribution is -0.165. The molecule has 0 radical (unpaired) electrons. The van der Waals surface area contributed by atoms with Crippen molar-refractivity contribution < 1.29 is 4.84 Å². The van der Waals surface area contributed by atoms with Gasteiger partial charge in [0.15, 0.2) is 5.43 Å². The molecule has 0 spiro atoms. The number of H-pyrrole nitrogens is 1. The van der Waals surface area contributed by atoms with E-state index in [1.165, 1.54) is 5.56 Å². The molecule has 176 valence electrons. The number of fused-ring (bicyclic) bond motifs is 1. The maximum absolute atomic E-state index is 12.3. The number of hydrogen-bond donors (Lipinski definition) is 2. The fourth-order valence-corrected chi connectivity index (χ4v) is 4.37. The van der Waals surface area contributed by atoms with Gasteiger partial charge in [0.1, 0.15) is 5.82 Å². The van der Waals surface area contributed by atoms with Crippen LogP contribution in [0.15, 0.2) is 83.7 Å². The molecule has 5 nitrogen and oxygen atoms in total. The van der Waals surface area contributed by atoms with E-state index in [0.29, 0.717) is 47.5 Å². The van der Waals surface area contributed by atoms with Crippen LogP contribution in [0.2, 0.25) is 10.0 Å². The molecule has 0 amide bonds. The average molecular weight is 496 g/mol. The normalized spacial score (nSPS) is 11.3. The third-order valence-corrected chi connectivity index (χ3v) is 5.86. The van der Waals surface area contributed by atoms with Crippen LogP contribution in [0.1, 0.15) is 17.5 Å². The van der Waals surface area contributed by atoms with E-state index in [2.05, 4.69) is 22.4 Å². The van der Waals surface area contributed by atoms with Gasteiger partial charge in [-0.05, 0) is 54.3 Å². The summed E-state index contributed by atoms with van der Waals surface area (Å²) in [5, 5.41) is 7.15. The topological polar surface area (TPSA) is 57.4 Å². The Kier molecular flexibility index (Phi) is 8.61. The number of nitrogens with one attached hydrogen (secondary N) is 2. The number of benzene rings is 3. The highest BCUT2D eigenvalue weighted by Gasteiger charge is 2.09. The second-order valence-electron chi connectivity index (χ2n) is 8.08. The molecule has 3 aromatic carbocycles. The second kappa shape index (κ2) is 12.0. The maximum atomic E-state index is 12.3. The van der Waals surface area contributed by atoms with Crippen LogP contribution in [0.3, 0.4) is 0 Å². The summed E-state index contributed by atoms with van der Waals surface area (Å²) in [6, 6.07) is 24.9. The molecule has 2 N–H and O–H groups in total. The number of para-hydroxylation sites is 1. The number of aromatic nitrogens is 1. The first-order chi connectivity index (χ1) is 16.6. The minimum absolute atomic E-state index is 0.000516. The van der Waals surface area contributed by atoms with Crippen LogP contribution in [-0.4, -0.2) is 29.7 Å². The minimum Gasteiger partial charge on any atom is -0.371 e. The highest BCUT2D eigenvalue weighted by molar-refractivity contribution is 6.34. The highest BCUT2D eigenvalue weighted by Crippen LogP contribution is 2.20. The molecule has 0 saturated carbocycles. The standard InChI is InChI=1S/C27H27Cl2N3O2/c28-22-15-21(16-23(29)17-22)19-32(34-14-11-20-7-2-1-3-8-20)13-6-12-30-27-18-26(33)24-9-4-5-10-25(24)31-27/h1-5,7-10,15-18H,6,11-14,19H2,(H2,30,31,33). The quantitative estimate of drug-likeness (QED) is 0.189. The van der Waals surface area contributed by atoms with Crippen molar-refractivity contribution in [2.75, 3.05) is 25.0 Å². The van der Waals surface area contributed by atoms with Gasteiger partial charge in [-0.15, -0.1) is 0 Å². The lowest BCUT2D eigenvalue weighted by atomic mass is 10.2. The van der Waals surface area contributed by atoms with Crippen molar-refractivity contribution in [2.45, 2.75) is 19.4 Å². The molecule has 1 heterocycles. The smallest absolute Gasteiger partial charge is 0.191 e. The molecular formula is C27H27Cl2N3O2. The van der Waals surface area contributed by atoms with Crippen LogP contribution in [-0.2, 0) is 17.8 Å². The lowest BCUT2D eigenvalue weighted by Gasteiger charge is -2.22. The molecular weight excluding hydrogens is 469 g/mol. The van der Waals surface area contributed by atoms with Gasteiger partial charge in [0.05, 0.1) is 12.1 Å². The first kappa shape index (κ1) is 24.3. The Morgan fingerprint density at radius 3 is 2.41 bits per heavy atom. The average Bonchev–Trinajstić information content (AvgIpc) is 2.82. The van der Waals surface area contributed by atoms with E-state index in [-0.39, 0.29) is 5.43 Å². The first-order valence-corrected chi connectivity index (χ1v) is 12.0. The van der Waals surface area contributed by atoms with Crippen LogP contribution in [0, 0.1) is 0 Å². The van der Waals surface area contributed by atoms with Crippen molar-refractivity contribution >= 4 is 39.9 Å². The molecule has 7 heteroatoms. The number of hydrogen-bond acceptors (Lipinski definition) is 4. The van der Waals surface area contributed by atoms with E-state index in [9.17, 15) is 4.79 Å². The summed E-state index contributed by atoms with van der Waals surface area (Å²) in [6.45, 7) is 2.53. The van der Waals surface area contributed by atoms with Crippen molar-refractivity contribution in [2.24, 2.45) is 0 Å². The SMILES string of the molecule is O=c1cc(NCCCN(Cc2cc(Cl)cc(Cl)c2)OCCc2ccccc2)[nH]c2ccccc12. The summed E-state index contributed by atoms with van der Waals surface area (Å²) in [5.41, 5.74) is 3.04. The number of rotatable bonds is 11. The number of anilines is 1. The van der Waals surface area contributed by atoms with Gasteiger partial charge in [0.2, 0.25) is 0 Å². The Morgan fingerprint density at radius 1 is 0.882 bits per heavy atom. The Hall–Kier alpha value is -2.83. The maximum Gasteiger partial charge on any atom is 0.191 e. The molecule has 0 fully saturated rings. The number of hydroxylamine groups is 2. The van der Waals surface area contributed by atoms with E-state index in [1.807, 2.05) is 59.7 Å². The molecule has 0 bridgehead atoms. The molecule has 0 unspecified atom stereocenters. The van der Waals surface area contributed by atoms with Gasteiger partial charge in [-0.2, -0.15) is 5.06 Å². The number of nitrogens with zero attached hydrogens (tertiary/aromatic N) is 1.